The fourth-order valence-electron chi connectivity index (χ4n) is 1.74. The van der Waals surface area contributed by atoms with Gasteiger partial charge in [0.15, 0.2) is 0 Å². The molecule has 0 fully saturated rings. The van der Waals surface area contributed by atoms with Gasteiger partial charge in [-0.3, -0.25) is 4.98 Å². The van der Waals surface area contributed by atoms with Gasteiger partial charge in [-0.1, -0.05) is 36.4 Å². The minimum absolute atomic E-state index is 0.0185. The van der Waals surface area contributed by atoms with Gasteiger partial charge in [-0.15, -0.1) is 0 Å². The highest BCUT2D eigenvalue weighted by Gasteiger charge is 2.18. The Morgan fingerprint density at radius 2 is 1.74 bits per heavy atom. The Kier molecular flexibility index (Phi) is 4.29. The summed E-state index contributed by atoms with van der Waals surface area (Å²) in [5.74, 6) is 0.0185. The van der Waals surface area contributed by atoms with E-state index in [-0.39, 0.29) is 5.75 Å². The molecule has 0 amide bonds. The molecule has 1 aromatic heterocycles. The van der Waals surface area contributed by atoms with Crippen molar-refractivity contribution in [1.29, 1.82) is 0 Å². The van der Waals surface area contributed by atoms with Crippen LogP contribution in [0.1, 0.15) is 11.1 Å². The first-order valence-electron chi connectivity index (χ1n) is 5.95. The fourth-order valence-corrected chi connectivity index (χ4v) is 2.92. The molecule has 5 heteroatoms. The standard InChI is InChI=1S/C14H16N2O2S/c1-16(11-14-8-5-9-15-10-14)19(17,18)12-13-6-3-2-4-7-13/h2-10H,11-12H2,1H3. The number of nitrogens with zero attached hydrogens (tertiary/aromatic N) is 2. The average molecular weight is 276 g/mol. The maximum atomic E-state index is 12.2. The van der Waals surface area contributed by atoms with Gasteiger partial charge >= 0.3 is 0 Å². The molecule has 0 spiro atoms. The van der Waals surface area contributed by atoms with E-state index in [1.165, 1.54) is 4.31 Å². The number of hydrogen-bond donors (Lipinski definition) is 0. The van der Waals surface area contributed by atoms with Gasteiger partial charge in [0.2, 0.25) is 10.0 Å². The molecule has 0 saturated carbocycles. The number of aromatic nitrogens is 1. The van der Waals surface area contributed by atoms with Crippen molar-refractivity contribution in [3.63, 3.8) is 0 Å². The largest absolute Gasteiger partial charge is 0.264 e. The highest BCUT2D eigenvalue weighted by atomic mass is 32.2. The van der Waals surface area contributed by atoms with Gasteiger partial charge in [0.05, 0.1) is 5.75 Å². The SMILES string of the molecule is CN(Cc1cccnc1)S(=O)(=O)Cc1ccccc1. The third-order valence-electron chi connectivity index (χ3n) is 2.79. The van der Waals surface area contributed by atoms with Gasteiger partial charge in [0, 0.05) is 26.0 Å². The second kappa shape index (κ2) is 5.95. The minimum atomic E-state index is -3.31. The van der Waals surface area contributed by atoms with Crippen LogP contribution >= 0.6 is 0 Å². The Balaban J connectivity index is 2.07. The normalized spacial score (nSPS) is 11.7. The van der Waals surface area contributed by atoms with E-state index in [1.54, 1.807) is 25.5 Å². The maximum absolute atomic E-state index is 12.2. The Morgan fingerprint density at radius 3 is 2.37 bits per heavy atom. The Morgan fingerprint density at radius 1 is 1.05 bits per heavy atom. The molecule has 1 aromatic carbocycles. The van der Waals surface area contributed by atoms with Crippen molar-refractivity contribution in [3.05, 3.63) is 66.0 Å². The smallest absolute Gasteiger partial charge is 0.218 e. The predicted octanol–water partition coefficient (Wildman–Crippen LogP) is 2.04. The molecule has 0 unspecified atom stereocenters. The highest BCUT2D eigenvalue weighted by Crippen LogP contribution is 2.12. The molecule has 4 nitrogen and oxygen atoms in total. The van der Waals surface area contributed by atoms with Crippen LogP contribution in [0, 0.1) is 0 Å². The second-order valence-electron chi connectivity index (χ2n) is 4.36. The third kappa shape index (κ3) is 3.87. The Labute approximate surface area is 113 Å². The lowest BCUT2D eigenvalue weighted by molar-refractivity contribution is 0.465. The molecule has 0 radical (unpaired) electrons. The summed E-state index contributed by atoms with van der Waals surface area (Å²) >= 11 is 0. The van der Waals surface area contributed by atoms with Crippen LogP contribution in [-0.2, 0) is 22.3 Å². The summed E-state index contributed by atoms with van der Waals surface area (Å²) in [5, 5.41) is 0. The van der Waals surface area contributed by atoms with Gasteiger partial charge in [0.1, 0.15) is 0 Å². The quantitative estimate of drug-likeness (QED) is 0.839. The van der Waals surface area contributed by atoms with E-state index >= 15 is 0 Å². The summed E-state index contributed by atoms with van der Waals surface area (Å²) in [6, 6.07) is 12.8. The fraction of sp³-hybridized carbons (Fsp3) is 0.214. The van der Waals surface area contributed by atoms with Crippen LogP contribution in [0.15, 0.2) is 54.9 Å². The summed E-state index contributed by atoms with van der Waals surface area (Å²) in [6.07, 6.45) is 3.34. The van der Waals surface area contributed by atoms with E-state index in [1.807, 2.05) is 36.4 Å². The van der Waals surface area contributed by atoms with E-state index < -0.39 is 10.0 Å². The van der Waals surface area contributed by atoms with Crippen molar-refractivity contribution < 1.29 is 8.42 Å². The summed E-state index contributed by atoms with van der Waals surface area (Å²) in [4.78, 5) is 3.98. The molecule has 0 aliphatic carbocycles. The van der Waals surface area contributed by atoms with E-state index in [9.17, 15) is 8.42 Å². The lowest BCUT2D eigenvalue weighted by atomic mass is 10.2. The van der Waals surface area contributed by atoms with E-state index in [4.69, 9.17) is 0 Å². The van der Waals surface area contributed by atoms with Crippen molar-refractivity contribution in [2.24, 2.45) is 0 Å². The van der Waals surface area contributed by atoms with Crippen LogP contribution in [-0.4, -0.2) is 24.8 Å². The Bertz CT molecular complexity index is 612. The Hall–Kier alpha value is -1.72. The first-order chi connectivity index (χ1) is 9.08. The molecule has 0 saturated heterocycles. The second-order valence-corrected chi connectivity index (χ2v) is 6.43. The molecule has 2 aromatic rings. The van der Waals surface area contributed by atoms with Crippen LogP contribution in [0.5, 0.6) is 0 Å². The molecule has 0 N–H and O–H groups in total. The van der Waals surface area contributed by atoms with Gasteiger partial charge in [0.25, 0.3) is 0 Å². The van der Waals surface area contributed by atoms with Crippen LogP contribution < -0.4 is 0 Å². The average Bonchev–Trinajstić information content (AvgIpc) is 2.40. The molecule has 0 aliphatic rings. The van der Waals surface area contributed by atoms with Crippen molar-refractivity contribution in [2.45, 2.75) is 12.3 Å². The summed E-state index contributed by atoms with van der Waals surface area (Å²) < 4.78 is 25.8. The molecule has 0 aliphatic heterocycles. The third-order valence-corrected chi connectivity index (χ3v) is 4.57. The topological polar surface area (TPSA) is 50.3 Å². The lowest BCUT2D eigenvalue weighted by Crippen LogP contribution is -2.27. The summed E-state index contributed by atoms with van der Waals surface area (Å²) in [6.45, 7) is 0.336. The van der Waals surface area contributed by atoms with Gasteiger partial charge in [-0.2, -0.15) is 0 Å². The monoisotopic (exact) mass is 276 g/mol. The van der Waals surface area contributed by atoms with E-state index in [2.05, 4.69) is 4.98 Å². The predicted molar refractivity (Wildman–Crippen MR) is 74.8 cm³/mol. The number of rotatable bonds is 5. The van der Waals surface area contributed by atoms with E-state index in [0.717, 1.165) is 11.1 Å². The highest BCUT2D eigenvalue weighted by molar-refractivity contribution is 7.88. The minimum Gasteiger partial charge on any atom is -0.264 e. The molecule has 100 valence electrons. The molecular formula is C14H16N2O2S. The van der Waals surface area contributed by atoms with Crippen LogP contribution in [0.25, 0.3) is 0 Å². The first-order valence-corrected chi connectivity index (χ1v) is 7.56. The molecule has 19 heavy (non-hydrogen) atoms. The van der Waals surface area contributed by atoms with Crippen molar-refractivity contribution in [2.75, 3.05) is 7.05 Å². The number of sulfonamides is 1. The molecule has 0 bridgehead atoms. The lowest BCUT2D eigenvalue weighted by Gasteiger charge is -2.17. The molecule has 0 atom stereocenters. The summed E-state index contributed by atoms with van der Waals surface area (Å²) in [5.41, 5.74) is 1.67. The number of pyridine rings is 1. The van der Waals surface area contributed by atoms with Gasteiger partial charge in [-0.25, -0.2) is 12.7 Å². The van der Waals surface area contributed by atoms with Gasteiger partial charge in [-0.05, 0) is 17.2 Å². The van der Waals surface area contributed by atoms with Crippen LogP contribution in [0.3, 0.4) is 0 Å². The van der Waals surface area contributed by atoms with E-state index in [0.29, 0.717) is 6.54 Å². The van der Waals surface area contributed by atoms with Crippen molar-refractivity contribution in [3.8, 4) is 0 Å². The first kappa shape index (κ1) is 13.7. The molecule has 2 rings (SSSR count). The zero-order chi connectivity index (χ0) is 13.7. The summed E-state index contributed by atoms with van der Waals surface area (Å²) in [7, 11) is -1.72. The van der Waals surface area contributed by atoms with Crippen molar-refractivity contribution >= 4 is 10.0 Å². The van der Waals surface area contributed by atoms with Gasteiger partial charge < -0.3 is 0 Å². The maximum Gasteiger partial charge on any atom is 0.218 e. The van der Waals surface area contributed by atoms with Crippen molar-refractivity contribution in [1.82, 2.24) is 9.29 Å². The molecular weight excluding hydrogens is 260 g/mol. The zero-order valence-corrected chi connectivity index (χ0v) is 11.5. The van der Waals surface area contributed by atoms with Crippen LogP contribution in [0.2, 0.25) is 0 Å². The van der Waals surface area contributed by atoms with Crippen LogP contribution in [0.4, 0.5) is 0 Å². The number of benzene rings is 1. The number of hydrogen-bond acceptors (Lipinski definition) is 3. The molecule has 1 heterocycles. The zero-order valence-electron chi connectivity index (χ0n) is 10.7.